The lowest BCUT2D eigenvalue weighted by Crippen LogP contribution is -2.31. The lowest BCUT2D eigenvalue weighted by Gasteiger charge is -2.27. The SMILES string of the molecule is CC(=O)OCC(COC(C)=O)CC(C)(C)C.CC(=O)OCC(COC(C)=O)CC(C)(C)C.CC(=O)OCC(COC(C)=O)OC(=O)CC(C)(C)C.COC(=O)CC(C)(C)C.COC(=O)CC(C)(C)C.COC(CC(C)(C)C)OC.COC(OC)C(C)(C)C. The van der Waals surface area contributed by atoms with Crippen molar-refractivity contribution in [1.82, 2.24) is 0 Å². The highest BCUT2D eigenvalue weighted by Gasteiger charge is 2.26. The van der Waals surface area contributed by atoms with Gasteiger partial charge in [-0.15, -0.1) is 0 Å². The summed E-state index contributed by atoms with van der Waals surface area (Å²) in [4.78, 5) is 97.2. The van der Waals surface area contributed by atoms with E-state index in [0.29, 0.717) is 39.3 Å². The predicted molar refractivity (Wildman–Crippen MR) is 340 cm³/mol. The molecular formula is C66H128O22. The van der Waals surface area contributed by atoms with Crippen LogP contribution < -0.4 is 0 Å². The van der Waals surface area contributed by atoms with Gasteiger partial charge in [0.25, 0.3) is 0 Å². The van der Waals surface area contributed by atoms with Crippen molar-refractivity contribution in [1.29, 1.82) is 0 Å². The van der Waals surface area contributed by atoms with Crippen molar-refractivity contribution in [3.8, 4) is 0 Å². The summed E-state index contributed by atoms with van der Waals surface area (Å²) in [5, 5.41) is 0. The monoisotopic (exact) mass is 1270 g/mol. The van der Waals surface area contributed by atoms with Gasteiger partial charge in [-0.1, -0.05) is 145 Å². The van der Waals surface area contributed by atoms with Crippen LogP contribution >= 0.6 is 0 Å². The molecular weight excluding hydrogens is 1140 g/mol. The molecule has 0 saturated heterocycles. The maximum atomic E-state index is 11.7. The van der Waals surface area contributed by atoms with Crippen molar-refractivity contribution in [3.63, 3.8) is 0 Å². The van der Waals surface area contributed by atoms with Crippen LogP contribution in [0.3, 0.4) is 0 Å². The summed E-state index contributed by atoms with van der Waals surface area (Å²) in [6, 6.07) is 0. The first-order valence-electron chi connectivity index (χ1n) is 29.7. The predicted octanol–water partition coefficient (Wildman–Crippen LogP) is 12.7. The van der Waals surface area contributed by atoms with Gasteiger partial charge in [0.2, 0.25) is 0 Å². The molecule has 22 nitrogen and oxygen atoms in total. The Hall–Kier alpha value is -4.93. The van der Waals surface area contributed by atoms with Gasteiger partial charge < -0.3 is 61.6 Å². The summed E-state index contributed by atoms with van der Waals surface area (Å²) >= 11 is 0. The van der Waals surface area contributed by atoms with Crippen LogP contribution in [0.15, 0.2) is 0 Å². The highest BCUT2D eigenvalue weighted by molar-refractivity contribution is 5.71. The second kappa shape index (κ2) is 49.8. The first-order chi connectivity index (χ1) is 39.4. The molecule has 0 aromatic heterocycles. The molecule has 0 rings (SSSR count). The van der Waals surface area contributed by atoms with Crippen LogP contribution in [0.4, 0.5) is 0 Å². The van der Waals surface area contributed by atoms with E-state index in [0.717, 1.165) is 19.3 Å². The van der Waals surface area contributed by atoms with E-state index in [2.05, 4.69) is 92.6 Å². The average Bonchev–Trinajstić information content (AvgIpc) is 3.38. The fourth-order valence-electron chi connectivity index (χ4n) is 6.78. The highest BCUT2D eigenvalue weighted by atomic mass is 16.7. The molecule has 0 spiro atoms. The molecule has 22 heteroatoms. The zero-order valence-electron chi connectivity index (χ0n) is 61.4. The highest BCUT2D eigenvalue weighted by Crippen LogP contribution is 2.27. The number of carbonyl (C=O) groups excluding carboxylic acids is 9. The van der Waals surface area contributed by atoms with Crippen molar-refractivity contribution in [2.45, 2.75) is 244 Å². The third kappa shape index (κ3) is 87.5. The first-order valence-corrected chi connectivity index (χ1v) is 29.7. The van der Waals surface area contributed by atoms with Gasteiger partial charge in [0.15, 0.2) is 18.7 Å². The topological polar surface area (TPSA) is 274 Å². The van der Waals surface area contributed by atoms with Crippen LogP contribution in [0.2, 0.25) is 0 Å². The van der Waals surface area contributed by atoms with Gasteiger partial charge in [-0.25, -0.2) is 0 Å². The third-order valence-corrected chi connectivity index (χ3v) is 10.1. The van der Waals surface area contributed by atoms with Gasteiger partial charge in [-0.05, 0) is 45.3 Å². The number of carbonyl (C=O) groups is 9. The van der Waals surface area contributed by atoms with Gasteiger partial charge in [0, 0.05) is 93.7 Å². The number of esters is 9. The lowest BCUT2D eigenvalue weighted by atomic mass is 9.85. The van der Waals surface area contributed by atoms with Crippen LogP contribution in [0.25, 0.3) is 0 Å². The Bertz CT molecular complexity index is 1750. The fraction of sp³-hybridized carbons (Fsp3) is 0.864. The minimum atomic E-state index is -0.775. The Morgan fingerprint density at radius 3 is 0.659 bits per heavy atom. The zero-order chi connectivity index (χ0) is 71.3. The van der Waals surface area contributed by atoms with Gasteiger partial charge in [-0.2, -0.15) is 0 Å². The molecule has 0 fully saturated rings. The number of hydrogen-bond acceptors (Lipinski definition) is 22. The molecule has 0 N–H and O–H groups in total. The lowest BCUT2D eigenvalue weighted by molar-refractivity contribution is -0.166. The summed E-state index contributed by atoms with van der Waals surface area (Å²) < 4.78 is 63.6. The zero-order valence-corrected chi connectivity index (χ0v) is 61.4. The van der Waals surface area contributed by atoms with E-state index in [1.54, 1.807) is 28.4 Å². The van der Waals surface area contributed by atoms with Crippen molar-refractivity contribution < 1.29 is 105 Å². The Balaban J connectivity index is -0.000000178. The fourth-order valence-corrected chi connectivity index (χ4v) is 6.78. The molecule has 0 aliphatic rings. The van der Waals surface area contributed by atoms with Crippen molar-refractivity contribution in [3.05, 3.63) is 0 Å². The molecule has 0 unspecified atom stereocenters. The van der Waals surface area contributed by atoms with Crippen LogP contribution in [-0.2, 0) is 105 Å². The van der Waals surface area contributed by atoms with Crippen molar-refractivity contribution in [2.75, 3.05) is 82.3 Å². The largest absolute Gasteiger partial charge is 0.469 e. The molecule has 0 atom stereocenters. The molecule has 0 aromatic carbocycles. The van der Waals surface area contributed by atoms with Crippen LogP contribution in [-0.4, -0.2) is 155 Å². The molecule has 0 aliphatic heterocycles. The Morgan fingerprint density at radius 1 is 0.295 bits per heavy atom. The van der Waals surface area contributed by atoms with Crippen LogP contribution in [0.5, 0.6) is 0 Å². The van der Waals surface area contributed by atoms with Crippen LogP contribution in [0, 0.1) is 49.7 Å². The van der Waals surface area contributed by atoms with Gasteiger partial charge >= 0.3 is 53.7 Å². The second-order valence-electron chi connectivity index (χ2n) is 29.4. The minimum absolute atomic E-state index is 0.0487. The van der Waals surface area contributed by atoms with Crippen molar-refractivity contribution >= 4 is 53.7 Å². The second-order valence-corrected chi connectivity index (χ2v) is 29.4. The molecule has 0 amide bonds. The Labute approximate surface area is 532 Å². The molecule has 88 heavy (non-hydrogen) atoms. The van der Waals surface area contributed by atoms with Crippen LogP contribution in [0.1, 0.15) is 225 Å². The van der Waals surface area contributed by atoms with E-state index in [-0.39, 0.29) is 118 Å². The molecule has 0 heterocycles. The van der Waals surface area contributed by atoms with Gasteiger partial charge in [0.05, 0.1) is 59.9 Å². The maximum Gasteiger partial charge on any atom is 0.306 e. The van der Waals surface area contributed by atoms with Crippen molar-refractivity contribution in [2.24, 2.45) is 49.7 Å². The van der Waals surface area contributed by atoms with E-state index in [1.807, 2.05) is 62.3 Å². The summed E-state index contributed by atoms with van der Waals surface area (Å²) in [6.07, 6.45) is 2.89. The van der Waals surface area contributed by atoms with E-state index >= 15 is 0 Å². The quantitative estimate of drug-likeness (QED) is 0.0522. The third-order valence-electron chi connectivity index (χ3n) is 10.1. The Kier molecular flexibility index (Phi) is 54.7. The summed E-state index contributed by atoms with van der Waals surface area (Å²) in [5.41, 5.74) is 0.473. The number of hydrogen-bond donors (Lipinski definition) is 0. The summed E-state index contributed by atoms with van der Waals surface area (Å²) in [5.74, 6) is -2.76. The summed E-state index contributed by atoms with van der Waals surface area (Å²) in [6.45, 7) is 52.0. The first kappa shape index (κ1) is 96.7. The normalized spacial score (nSPS) is 11.5. The molecule has 0 saturated carbocycles. The molecule has 524 valence electrons. The van der Waals surface area contributed by atoms with Gasteiger partial charge in [-0.3, -0.25) is 43.2 Å². The molecule has 0 aromatic rings. The smallest absolute Gasteiger partial charge is 0.306 e. The Morgan fingerprint density at radius 2 is 0.523 bits per heavy atom. The number of methoxy groups -OCH3 is 6. The molecule has 0 bridgehead atoms. The minimum Gasteiger partial charge on any atom is -0.469 e. The van der Waals surface area contributed by atoms with E-state index in [9.17, 15) is 43.2 Å². The maximum absolute atomic E-state index is 11.7. The van der Waals surface area contributed by atoms with E-state index in [1.165, 1.54) is 55.8 Å². The van der Waals surface area contributed by atoms with E-state index < -0.39 is 24.0 Å². The molecule has 0 aliphatic carbocycles. The van der Waals surface area contributed by atoms with E-state index in [4.69, 9.17) is 52.1 Å². The standard InChI is InChI=1S/C13H22O6.2C12H22O4.C8H18O2.C7H16O2.2C7H14O2/c1-9(14)17-7-11(8-18-10(2)15)19-12(16)6-13(3,4)5;2*1-9(13)15-7-11(6-12(3,4)5)8-16-10(2)14;1-8(2,3)6-7(9-4)10-5;1-7(2,3)6(8-4)9-5;2*1-7(2,3)5-6(8)9-4/h11H,6-8H2,1-5H3;2*11H,6-8H2,1-5H3;7H,6H2,1-5H3;6H,1-5H3;2*5H2,1-4H3. The van der Waals surface area contributed by atoms with Gasteiger partial charge in [0.1, 0.15) is 13.2 Å². The molecule has 0 radical (unpaired) electrons. The number of rotatable bonds is 23. The summed E-state index contributed by atoms with van der Waals surface area (Å²) in [7, 11) is 9.46. The average molecular weight is 1270 g/mol. The number of ether oxygens (including phenoxy) is 13.